The molecule has 1 aromatic carbocycles. The summed E-state index contributed by atoms with van der Waals surface area (Å²) < 4.78 is 18.8. The van der Waals surface area contributed by atoms with Gasteiger partial charge in [-0.3, -0.25) is 4.79 Å². The molecule has 0 atom stereocenters. The molecular weight excluding hydrogens is 265 g/mol. The summed E-state index contributed by atoms with van der Waals surface area (Å²) in [7, 11) is 0. The molecule has 0 aliphatic heterocycles. The Morgan fingerprint density at radius 3 is 2.87 bits per heavy atom. The largest absolute Gasteiger partial charge is 0.466 e. The van der Waals surface area contributed by atoms with Crippen LogP contribution in [0.4, 0.5) is 10.1 Å². The maximum Gasteiger partial charge on any atom is 0.310 e. The number of hydrogen-bond acceptors (Lipinski definition) is 3. The topological polar surface area (TPSA) is 52.3 Å². The first-order valence-corrected chi connectivity index (χ1v) is 5.23. The van der Waals surface area contributed by atoms with Crippen LogP contribution >= 0.6 is 15.9 Å². The van der Waals surface area contributed by atoms with Crippen molar-refractivity contribution in [3.05, 3.63) is 28.0 Å². The second-order valence-electron chi connectivity index (χ2n) is 2.95. The van der Waals surface area contributed by atoms with Crippen molar-refractivity contribution < 1.29 is 13.9 Å². The molecular formula is C10H11BrFNO2. The van der Waals surface area contributed by atoms with Crippen molar-refractivity contribution in [1.82, 2.24) is 0 Å². The first-order chi connectivity index (χ1) is 7.04. The van der Waals surface area contributed by atoms with E-state index in [1.54, 1.807) is 6.92 Å². The van der Waals surface area contributed by atoms with Gasteiger partial charge in [-0.2, -0.15) is 0 Å². The Kier molecular flexibility index (Phi) is 4.08. The highest BCUT2D eigenvalue weighted by Gasteiger charge is 2.12. The number of ether oxygens (including phenoxy) is 1. The highest BCUT2D eigenvalue weighted by atomic mass is 79.9. The van der Waals surface area contributed by atoms with Gasteiger partial charge in [0.15, 0.2) is 0 Å². The molecule has 0 fully saturated rings. The van der Waals surface area contributed by atoms with E-state index in [9.17, 15) is 9.18 Å². The van der Waals surface area contributed by atoms with E-state index in [0.717, 1.165) is 0 Å². The third-order valence-corrected chi connectivity index (χ3v) is 2.24. The standard InChI is InChI=1S/C10H11BrFNO2/c1-2-15-9(14)4-6-3-7(11)5-8(13)10(6)12/h3,5H,2,4,13H2,1H3. The molecule has 0 aromatic heterocycles. The summed E-state index contributed by atoms with van der Waals surface area (Å²) in [5.74, 6) is -1.03. The Balaban J connectivity index is 2.89. The van der Waals surface area contributed by atoms with Gasteiger partial charge in [-0.1, -0.05) is 15.9 Å². The molecule has 3 nitrogen and oxygen atoms in total. The third-order valence-electron chi connectivity index (χ3n) is 1.78. The molecule has 1 aromatic rings. The summed E-state index contributed by atoms with van der Waals surface area (Å²) in [6.07, 6.45) is -0.108. The molecule has 0 radical (unpaired) electrons. The second-order valence-corrected chi connectivity index (χ2v) is 3.87. The third kappa shape index (κ3) is 3.20. The molecule has 1 rings (SSSR count). The van der Waals surface area contributed by atoms with Crippen molar-refractivity contribution in [2.75, 3.05) is 12.3 Å². The SMILES string of the molecule is CCOC(=O)Cc1cc(Br)cc(N)c1F. The number of nitrogen functional groups attached to an aromatic ring is 1. The number of carbonyl (C=O) groups is 1. The van der Waals surface area contributed by atoms with E-state index < -0.39 is 11.8 Å². The Morgan fingerprint density at radius 2 is 2.27 bits per heavy atom. The van der Waals surface area contributed by atoms with Crippen LogP contribution in [0, 0.1) is 5.82 Å². The number of carbonyl (C=O) groups excluding carboxylic acids is 1. The van der Waals surface area contributed by atoms with E-state index in [2.05, 4.69) is 15.9 Å². The fourth-order valence-electron chi connectivity index (χ4n) is 1.16. The second kappa shape index (κ2) is 5.11. The van der Waals surface area contributed by atoms with Crippen molar-refractivity contribution in [2.45, 2.75) is 13.3 Å². The van der Waals surface area contributed by atoms with Gasteiger partial charge in [0.25, 0.3) is 0 Å². The minimum Gasteiger partial charge on any atom is -0.466 e. The maximum absolute atomic E-state index is 13.4. The van der Waals surface area contributed by atoms with Crippen molar-refractivity contribution in [2.24, 2.45) is 0 Å². The predicted octanol–water partition coefficient (Wildman–Crippen LogP) is 2.28. The zero-order chi connectivity index (χ0) is 11.4. The van der Waals surface area contributed by atoms with Crippen LogP contribution < -0.4 is 5.73 Å². The summed E-state index contributed by atoms with van der Waals surface area (Å²) in [6.45, 7) is 1.98. The van der Waals surface area contributed by atoms with Gasteiger partial charge in [0.05, 0.1) is 18.7 Å². The van der Waals surface area contributed by atoms with Crippen LogP contribution in [-0.2, 0) is 16.0 Å². The van der Waals surface area contributed by atoms with Crippen molar-refractivity contribution in [1.29, 1.82) is 0 Å². The predicted molar refractivity (Wildman–Crippen MR) is 58.8 cm³/mol. The minimum absolute atomic E-state index is 0.0173. The first-order valence-electron chi connectivity index (χ1n) is 4.43. The molecule has 15 heavy (non-hydrogen) atoms. The van der Waals surface area contributed by atoms with Gasteiger partial charge in [0, 0.05) is 10.0 Å². The van der Waals surface area contributed by atoms with Crippen LogP contribution in [0.15, 0.2) is 16.6 Å². The van der Waals surface area contributed by atoms with Gasteiger partial charge in [0.2, 0.25) is 0 Å². The van der Waals surface area contributed by atoms with Crippen LogP contribution in [0.5, 0.6) is 0 Å². The van der Waals surface area contributed by atoms with Gasteiger partial charge >= 0.3 is 5.97 Å². The van der Waals surface area contributed by atoms with E-state index in [0.29, 0.717) is 4.47 Å². The van der Waals surface area contributed by atoms with Crippen molar-refractivity contribution in [3.63, 3.8) is 0 Å². The number of esters is 1. The highest BCUT2D eigenvalue weighted by molar-refractivity contribution is 9.10. The van der Waals surface area contributed by atoms with E-state index >= 15 is 0 Å². The maximum atomic E-state index is 13.4. The Labute approximate surface area is 95.5 Å². The molecule has 5 heteroatoms. The van der Waals surface area contributed by atoms with E-state index in [4.69, 9.17) is 10.5 Å². The molecule has 0 saturated carbocycles. The van der Waals surface area contributed by atoms with Gasteiger partial charge in [-0.05, 0) is 19.1 Å². The Morgan fingerprint density at radius 1 is 1.60 bits per heavy atom. The molecule has 0 amide bonds. The highest BCUT2D eigenvalue weighted by Crippen LogP contribution is 2.22. The summed E-state index contributed by atoms with van der Waals surface area (Å²) in [4.78, 5) is 11.1. The van der Waals surface area contributed by atoms with E-state index in [-0.39, 0.29) is 24.3 Å². The minimum atomic E-state index is -0.564. The fourth-order valence-corrected chi connectivity index (χ4v) is 1.69. The average Bonchev–Trinajstić information content (AvgIpc) is 2.13. The number of nitrogens with two attached hydrogens (primary N) is 1. The number of benzene rings is 1. The molecule has 0 aliphatic carbocycles. The molecule has 0 saturated heterocycles. The Hall–Kier alpha value is -1.10. The fraction of sp³-hybridized carbons (Fsp3) is 0.300. The first kappa shape index (κ1) is 12.0. The molecule has 0 heterocycles. The molecule has 0 bridgehead atoms. The van der Waals surface area contributed by atoms with Crippen molar-refractivity contribution in [3.8, 4) is 0 Å². The van der Waals surface area contributed by atoms with Crippen LogP contribution in [0.2, 0.25) is 0 Å². The monoisotopic (exact) mass is 275 g/mol. The van der Waals surface area contributed by atoms with E-state index in [1.807, 2.05) is 0 Å². The number of anilines is 1. The number of rotatable bonds is 3. The smallest absolute Gasteiger partial charge is 0.310 e. The van der Waals surface area contributed by atoms with Crippen LogP contribution in [0.3, 0.4) is 0 Å². The lowest BCUT2D eigenvalue weighted by atomic mass is 10.1. The molecule has 2 N–H and O–H groups in total. The van der Waals surface area contributed by atoms with Crippen molar-refractivity contribution >= 4 is 27.6 Å². The van der Waals surface area contributed by atoms with Gasteiger partial charge < -0.3 is 10.5 Å². The number of halogens is 2. The molecule has 0 aliphatic rings. The summed E-state index contributed by atoms with van der Waals surface area (Å²) in [5, 5.41) is 0. The van der Waals surface area contributed by atoms with Crippen LogP contribution in [0.1, 0.15) is 12.5 Å². The summed E-state index contributed by atoms with van der Waals surface area (Å²) >= 11 is 3.18. The lowest BCUT2D eigenvalue weighted by Gasteiger charge is -2.06. The molecule has 82 valence electrons. The molecule has 0 spiro atoms. The number of hydrogen-bond donors (Lipinski definition) is 1. The van der Waals surface area contributed by atoms with E-state index in [1.165, 1.54) is 12.1 Å². The van der Waals surface area contributed by atoms with Gasteiger partial charge in [-0.15, -0.1) is 0 Å². The quantitative estimate of drug-likeness (QED) is 0.680. The normalized spacial score (nSPS) is 10.1. The average molecular weight is 276 g/mol. The summed E-state index contributed by atoms with van der Waals surface area (Å²) in [6, 6.07) is 2.96. The van der Waals surface area contributed by atoms with Crippen LogP contribution in [-0.4, -0.2) is 12.6 Å². The lowest BCUT2D eigenvalue weighted by Crippen LogP contribution is -2.09. The van der Waals surface area contributed by atoms with Gasteiger partial charge in [-0.25, -0.2) is 4.39 Å². The Bertz CT molecular complexity index is 382. The van der Waals surface area contributed by atoms with Crippen LogP contribution in [0.25, 0.3) is 0 Å². The zero-order valence-electron chi connectivity index (χ0n) is 8.22. The zero-order valence-corrected chi connectivity index (χ0v) is 9.80. The summed E-state index contributed by atoms with van der Waals surface area (Å²) in [5.41, 5.74) is 5.67. The van der Waals surface area contributed by atoms with Gasteiger partial charge in [0.1, 0.15) is 5.82 Å². The lowest BCUT2D eigenvalue weighted by molar-refractivity contribution is -0.142. The molecule has 0 unspecified atom stereocenters.